The molecule has 7 unspecified atom stereocenters. The first-order valence-corrected chi connectivity index (χ1v) is 30.8. The summed E-state index contributed by atoms with van der Waals surface area (Å²) in [6.07, 6.45) is 45.8. The third-order valence-corrected chi connectivity index (χ3v) is 14.9. The highest BCUT2D eigenvalue weighted by molar-refractivity contribution is 7.80. The predicted molar refractivity (Wildman–Crippen MR) is 283 cm³/mol. The van der Waals surface area contributed by atoms with Crippen LogP contribution in [0.4, 0.5) is 0 Å². The highest BCUT2D eigenvalue weighted by Crippen LogP contribution is 2.26. The molecule has 412 valence electrons. The van der Waals surface area contributed by atoms with Gasteiger partial charge in [-0.25, -0.2) is 4.18 Å². The molecule has 0 aromatic carbocycles. The van der Waals surface area contributed by atoms with Crippen molar-refractivity contribution >= 4 is 16.3 Å². The molecule has 69 heavy (non-hydrogen) atoms. The van der Waals surface area contributed by atoms with Crippen LogP contribution in [0, 0.1) is 0 Å². The molecule has 7 atom stereocenters. The molecule has 6 N–H and O–H groups in total. The normalized spacial score (nSPS) is 19.6. The van der Waals surface area contributed by atoms with E-state index in [-0.39, 0.29) is 12.5 Å². The lowest BCUT2D eigenvalue weighted by atomic mass is 9.99. The van der Waals surface area contributed by atoms with Gasteiger partial charge in [0.2, 0.25) is 5.91 Å². The number of rotatable bonds is 52. The van der Waals surface area contributed by atoms with Crippen LogP contribution >= 0.6 is 0 Å². The van der Waals surface area contributed by atoms with Crippen molar-refractivity contribution in [2.75, 3.05) is 13.2 Å². The zero-order chi connectivity index (χ0) is 50.5. The van der Waals surface area contributed by atoms with E-state index >= 15 is 0 Å². The van der Waals surface area contributed by atoms with E-state index in [1.807, 2.05) is 0 Å². The van der Waals surface area contributed by atoms with Crippen molar-refractivity contribution in [1.29, 1.82) is 0 Å². The number of carbonyl (C=O) groups excluding carboxylic acids is 1. The van der Waals surface area contributed by atoms with E-state index < -0.39 is 59.9 Å². The number of unbranched alkanes of at least 4 members (excludes halogenated alkanes) is 40. The van der Waals surface area contributed by atoms with E-state index in [9.17, 15) is 38.2 Å². The Hall–Kier alpha value is -0.900. The third-order valence-electron chi connectivity index (χ3n) is 14.4. The first-order chi connectivity index (χ1) is 33.5. The van der Waals surface area contributed by atoms with Gasteiger partial charge in [-0.2, -0.15) is 8.42 Å². The molecule has 1 aliphatic rings. The zero-order valence-corrected chi connectivity index (χ0v) is 45.5. The van der Waals surface area contributed by atoms with Crippen LogP contribution in [0.25, 0.3) is 0 Å². The van der Waals surface area contributed by atoms with Gasteiger partial charge in [0.25, 0.3) is 0 Å². The number of aliphatic hydroxyl groups is 4. The van der Waals surface area contributed by atoms with Gasteiger partial charge in [0.1, 0.15) is 24.4 Å². The van der Waals surface area contributed by atoms with Gasteiger partial charge in [-0.05, 0) is 12.8 Å². The molecule has 1 aliphatic heterocycles. The molecule has 0 aliphatic carbocycles. The number of aliphatic hydroxyl groups excluding tert-OH is 4. The molecule has 0 saturated carbocycles. The van der Waals surface area contributed by atoms with Gasteiger partial charge < -0.3 is 35.2 Å². The standard InChI is InChI=1S/C56H111NO11S/c1-3-5-7-9-11-13-15-16-17-18-19-20-21-22-23-24-25-26-27-28-29-30-31-32-33-34-35-36-38-40-42-44-46-52(60)57-49(50(59)45-43-41-39-37-14-12-10-8-6-4-2)48-66-56-54(62)55(68-69(63,64)65)53(61)51(47-58)67-56/h49-51,53-56,58-59,61-62H,3-48H2,1-2H3,(H,57,60)(H,63,64,65). The lowest BCUT2D eigenvalue weighted by Crippen LogP contribution is -2.61. The minimum absolute atomic E-state index is 0.224. The Morgan fingerprint density at radius 3 is 1.16 bits per heavy atom. The summed E-state index contributed by atoms with van der Waals surface area (Å²) in [5.41, 5.74) is 0. The monoisotopic (exact) mass is 1010 g/mol. The van der Waals surface area contributed by atoms with E-state index in [0.717, 1.165) is 51.4 Å². The van der Waals surface area contributed by atoms with Crippen LogP contribution < -0.4 is 5.32 Å². The summed E-state index contributed by atoms with van der Waals surface area (Å²) >= 11 is 0. The Balaban J connectivity index is 2.16. The van der Waals surface area contributed by atoms with E-state index in [1.165, 1.54) is 218 Å². The third kappa shape index (κ3) is 39.3. The molecule has 13 heteroatoms. The molecule has 1 amide bonds. The van der Waals surface area contributed by atoms with Crippen LogP contribution in [0.2, 0.25) is 0 Å². The predicted octanol–water partition coefficient (Wildman–Crippen LogP) is 13.7. The van der Waals surface area contributed by atoms with Gasteiger partial charge in [0.05, 0.1) is 25.4 Å². The maximum atomic E-state index is 13.1. The van der Waals surface area contributed by atoms with Crippen LogP contribution in [0.15, 0.2) is 0 Å². The number of amides is 1. The lowest BCUT2D eigenvalue weighted by molar-refractivity contribution is -0.298. The smallest absolute Gasteiger partial charge is 0.394 e. The topological polar surface area (TPSA) is 192 Å². The van der Waals surface area contributed by atoms with Crippen molar-refractivity contribution in [2.24, 2.45) is 0 Å². The van der Waals surface area contributed by atoms with Crippen LogP contribution in [-0.4, -0.2) is 95.4 Å². The van der Waals surface area contributed by atoms with E-state index in [1.54, 1.807) is 0 Å². The zero-order valence-electron chi connectivity index (χ0n) is 44.7. The minimum Gasteiger partial charge on any atom is -0.394 e. The fourth-order valence-electron chi connectivity index (χ4n) is 9.88. The van der Waals surface area contributed by atoms with Crippen molar-refractivity contribution in [2.45, 2.75) is 339 Å². The maximum Gasteiger partial charge on any atom is 0.397 e. The summed E-state index contributed by atoms with van der Waals surface area (Å²) in [5.74, 6) is -0.224. The largest absolute Gasteiger partial charge is 0.397 e. The second-order valence-electron chi connectivity index (χ2n) is 21.0. The Kier molecular flexibility index (Phi) is 44.9. The fourth-order valence-corrected chi connectivity index (χ4v) is 10.4. The molecular formula is C56H111NO11S. The van der Waals surface area contributed by atoms with Crippen molar-refractivity contribution < 1.29 is 51.8 Å². The summed E-state index contributed by atoms with van der Waals surface area (Å²) in [7, 11) is -5.07. The van der Waals surface area contributed by atoms with Crippen molar-refractivity contribution in [3.63, 3.8) is 0 Å². The quantitative estimate of drug-likeness (QED) is 0.0251. The van der Waals surface area contributed by atoms with Gasteiger partial charge in [0, 0.05) is 6.42 Å². The minimum atomic E-state index is -5.07. The first kappa shape index (κ1) is 66.1. The Morgan fingerprint density at radius 1 is 0.522 bits per heavy atom. The summed E-state index contributed by atoms with van der Waals surface area (Å²) in [6, 6.07) is -0.851. The number of ether oxygens (including phenoxy) is 2. The van der Waals surface area contributed by atoms with E-state index in [2.05, 4.69) is 23.3 Å². The van der Waals surface area contributed by atoms with Crippen LogP contribution in [-0.2, 0) is 28.9 Å². The van der Waals surface area contributed by atoms with Gasteiger partial charge in [0.15, 0.2) is 6.29 Å². The molecule has 1 rings (SSSR count). The average Bonchev–Trinajstić information content (AvgIpc) is 3.32. The number of hydrogen-bond acceptors (Lipinski definition) is 10. The van der Waals surface area contributed by atoms with Gasteiger partial charge in [-0.1, -0.05) is 277 Å². The molecule has 0 spiro atoms. The van der Waals surface area contributed by atoms with Gasteiger partial charge in [-0.15, -0.1) is 0 Å². The fraction of sp³-hybridized carbons (Fsp3) is 0.982. The second kappa shape index (κ2) is 46.9. The highest BCUT2D eigenvalue weighted by atomic mass is 32.3. The van der Waals surface area contributed by atoms with Crippen molar-refractivity contribution in [3.8, 4) is 0 Å². The number of hydrogen-bond donors (Lipinski definition) is 6. The van der Waals surface area contributed by atoms with Crippen LogP contribution in [0.1, 0.15) is 296 Å². The molecule has 1 fully saturated rings. The molecule has 12 nitrogen and oxygen atoms in total. The Bertz CT molecular complexity index is 1230. The molecule has 1 saturated heterocycles. The molecule has 0 bridgehead atoms. The second-order valence-corrected chi connectivity index (χ2v) is 22.0. The van der Waals surface area contributed by atoms with Crippen LogP contribution in [0.5, 0.6) is 0 Å². The van der Waals surface area contributed by atoms with Crippen LogP contribution in [0.3, 0.4) is 0 Å². The summed E-state index contributed by atoms with van der Waals surface area (Å²) < 4.78 is 47.7. The molecule has 0 aromatic heterocycles. The Labute approximate surface area is 424 Å². The summed E-state index contributed by atoms with van der Waals surface area (Å²) in [6.45, 7) is 3.46. The molecule has 1 heterocycles. The lowest BCUT2D eigenvalue weighted by Gasteiger charge is -2.41. The van der Waals surface area contributed by atoms with E-state index in [4.69, 9.17) is 9.47 Å². The SMILES string of the molecule is CCCCCCCCCCCCCCCCCCCCCCCCCCCCCCCCCCC(=O)NC(COC1OC(CO)C(O)C(OS(=O)(=O)O)C1O)C(O)CCCCCCCCCCCC. The van der Waals surface area contributed by atoms with Crippen molar-refractivity contribution in [1.82, 2.24) is 5.32 Å². The van der Waals surface area contributed by atoms with E-state index in [0.29, 0.717) is 12.8 Å². The molecule has 0 radical (unpaired) electrons. The van der Waals surface area contributed by atoms with Gasteiger partial charge >= 0.3 is 10.4 Å². The Morgan fingerprint density at radius 2 is 0.841 bits per heavy atom. The van der Waals surface area contributed by atoms with Crippen molar-refractivity contribution in [3.05, 3.63) is 0 Å². The summed E-state index contributed by atoms with van der Waals surface area (Å²) in [5, 5.41) is 44.9. The summed E-state index contributed by atoms with van der Waals surface area (Å²) in [4.78, 5) is 13.1. The molecular weight excluding hydrogens is 895 g/mol. The first-order valence-electron chi connectivity index (χ1n) is 29.4. The van der Waals surface area contributed by atoms with Gasteiger partial charge in [-0.3, -0.25) is 9.35 Å². The number of carbonyl (C=O) groups is 1. The maximum absolute atomic E-state index is 13.1. The molecule has 0 aromatic rings. The average molecular weight is 1010 g/mol. The number of nitrogens with one attached hydrogen (secondary N) is 1. The highest BCUT2D eigenvalue weighted by Gasteiger charge is 2.48.